The van der Waals surface area contributed by atoms with E-state index in [1.165, 1.54) is 11.3 Å². The zero-order valence-electron chi connectivity index (χ0n) is 12.1. The van der Waals surface area contributed by atoms with Crippen molar-refractivity contribution in [3.05, 3.63) is 18.2 Å². The number of carbonyl (C=O) groups excluding carboxylic acids is 1. The lowest BCUT2D eigenvalue weighted by Crippen LogP contribution is -2.19. The van der Waals surface area contributed by atoms with Crippen molar-refractivity contribution in [1.29, 1.82) is 0 Å². The molecule has 0 saturated carbocycles. The molecule has 1 aromatic heterocycles. The summed E-state index contributed by atoms with van der Waals surface area (Å²) in [7, 11) is 1.64. The highest BCUT2D eigenvalue weighted by molar-refractivity contribution is 7.22. The Bertz CT molecular complexity index is 630. The summed E-state index contributed by atoms with van der Waals surface area (Å²) in [6.07, 6.45) is -0.0309. The molecule has 114 valence electrons. The third-order valence-corrected chi connectivity index (χ3v) is 3.82. The van der Waals surface area contributed by atoms with Gasteiger partial charge in [0.2, 0.25) is 5.91 Å². The summed E-state index contributed by atoms with van der Waals surface area (Å²) >= 11 is 7.11. The van der Waals surface area contributed by atoms with E-state index in [9.17, 15) is 4.79 Å². The van der Waals surface area contributed by atoms with Gasteiger partial charge in [-0.1, -0.05) is 11.3 Å². The maximum Gasteiger partial charge on any atom is 0.243 e. The van der Waals surface area contributed by atoms with Crippen LogP contribution in [0, 0.1) is 0 Å². The fourth-order valence-electron chi connectivity index (χ4n) is 1.74. The second-order valence-corrected chi connectivity index (χ2v) is 6.32. The predicted octanol–water partition coefficient (Wildman–Crippen LogP) is 3.28. The van der Waals surface area contributed by atoms with Crippen molar-refractivity contribution in [2.45, 2.75) is 25.3 Å². The number of rotatable bonds is 6. The highest BCUT2D eigenvalue weighted by atomic mass is 35.5. The lowest BCUT2D eigenvalue weighted by atomic mass is 10.3. The molecule has 0 radical (unpaired) electrons. The highest BCUT2D eigenvalue weighted by Gasteiger charge is 2.13. The number of benzene rings is 1. The first-order chi connectivity index (χ1) is 9.99. The van der Waals surface area contributed by atoms with Crippen molar-refractivity contribution in [1.82, 2.24) is 4.98 Å². The number of amides is 1. The summed E-state index contributed by atoms with van der Waals surface area (Å²) in [5.74, 6) is 0.486. The number of nitrogens with zero attached hydrogens (tertiary/aromatic N) is 1. The Labute approximate surface area is 132 Å². The molecule has 1 aromatic carbocycles. The van der Waals surface area contributed by atoms with E-state index in [1.807, 2.05) is 25.1 Å². The van der Waals surface area contributed by atoms with Gasteiger partial charge in [0, 0.05) is 7.11 Å². The number of nitrogens with one attached hydrogen (secondary N) is 1. The highest BCUT2D eigenvalue weighted by Crippen LogP contribution is 2.29. The Morgan fingerprint density at radius 2 is 2.24 bits per heavy atom. The van der Waals surface area contributed by atoms with Crippen LogP contribution in [0.1, 0.15) is 13.8 Å². The van der Waals surface area contributed by atoms with Crippen molar-refractivity contribution < 1.29 is 14.3 Å². The topological polar surface area (TPSA) is 60.5 Å². The predicted molar refractivity (Wildman–Crippen MR) is 85.5 cm³/mol. The molecule has 0 fully saturated rings. The largest absolute Gasteiger partial charge is 0.488 e. The van der Waals surface area contributed by atoms with Gasteiger partial charge in [0.25, 0.3) is 0 Å². The van der Waals surface area contributed by atoms with E-state index in [-0.39, 0.29) is 12.0 Å². The first-order valence-corrected chi connectivity index (χ1v) is 7.76. The van der Waals surface area contributed by atoms with Crippen LogP contribution in [-0.2, 0) is 9.53 Å². The summed E-state index contributed by atoms with van der Waals surface area (Å²) in [6.45, 7) is 4.08. The van der Waals surface area contributed by atoms with E-state index in [2.05, 4.69) is 10.3 Å². The number of aromatic nitrogens is 1. The standard InChI is InChI=1S/C14H17ClN2O3S/c1-8(7-19-3)20-10-4-5-11-12(6-10)21-14(16-11)17-13(18)9(2)15/h4-6,8-9H,7H2,1-3H3,(H,16,17,18)/t8-,9+/m0/s1. The van der Waals surface area contributed by atoms with Crippen molar-refractivity contribution in [3.63, 3.8) is 0 Å². The molecule has 2 rings (SSSR count). The van der Waals surface area contributed by atoms with Gasteiger partial charge in [-0.25, -0.2) is 4.98 Å². The number of alkyl halides is 1. The first-order valence-electron chi connectivity index (χ1n) is 6.50. The lowest BCUT2D eigenvalue weighted by Gasteiger charge is -2.13. The molecule has 0 unspecified atom stereocenters. The maximum atomic E-state index is 11.6. The van der Waals surface area contributed by atoms with Gasteiger partial charge < -0.3 is 14.8 Å². The zero-order valence-corrected chi connectivity index (χ0v) is 13.6. The van der Waals surface area contributed by atoms with Crippen LogP contribution in [0.15, 0.2) is 18.2 Å². The minimum absolute atomic E-state index is 0.0309. The molecular weight excluding hydrogens is 312 g/mol. The SMILES string of the molecule is COC[C@H](C)Oc1ccc2nc(NC(=O)[C@@H](C)Cl)sc2c1. The number of anilines is 1. The van der Waals surface area contributed by atoms with Gasteiger partial charge in [-0.3, -0.25) is 4.79 Å². The Balaban J connectivity index is 2.14. The van der Waals surface area contributed by atoms with Crippen LogP contribution in [0.2, 0.25) is 0 Å². The smallest absolute Gasteiger partial charge is 0.243 e. The van der Waals surface area contributed by atoms with Crippen LogP contribution >= 0.6 is 22.9 Å². The van der Waals surface area contributed by atoms with E-state index in [1.54, 1.807) is 14.0 Å². The van der Waals surface area contributed by atoms with E-state index < -0.39 is 5.38 Å². The average Bonchev–Trinajstić information content (AvgIpc) is 2.80. The number of fused-ring (bicyclic) bond motifs is 1. The number of halogens is 1. The van der Waals surface area contributed by atoms with Gasteiger partial charge in [-0.15, -0.1) is 11.6 Å². The molecule has 5 nitrogen and oxygen atoms in total. The normalized spacial score (nSPS) is 13.9. The van der Waals surface area contributed by atoms with Crippen LogP contribution < -0.4 is 10.1 Å². The Morgan fingerprint density at radius 1 is 1.48 bits per heavy atom. The third-order valence-electron chi connectivity index (χ3n) is 2.69. The lowest BCUT2D eigenvalue weighted by molar-refractivity contribution is -0.115. The zero-order chi connectivity index (χ0) is 15.4. The minimum atomic E-state index is -0.592. The Kier molecular flexibility index (Phi) is 5.39. The number of ether oxygens (including phenoxy) is 2. The molecule has 2 aromatic rings. The van der Waals surface area contributed by atoms with Gasteiger partial charge in [0.1, 0.15) is 17.2 Å². The van der Waals surface area contributed by atoms with Gasteiger partial charge in [-0.05, 0) is 32.0 Å². The monoisotopic (exact) mass is 328 g/mol. The molecule has 1 amide bonds. The van der Waals surface area contributed by atoms with Crippen LogP contribution in [0.4, 0.5) is 5.13 Å². The maximum absolute atomic E-state index is 11.6. The second-order valence-electron chi connectivity index (χ2n) is 4.64. The fraction of sp³-hybridized carbons (Fsp3) is 0.429. The van der Waals surface area contributed by atoms with E-state index in [0.29, 0.717) is 11.7 Å². The van der Waals surface area contributed by atoms with Crippen LogP contribution in [-0.4, -0.2) is 36.1 Å². The van der Waals surface area contributed by atoms with Crippen molar-refractivity contribution >= 4 is 44.2 Å². The molecule has 1 heterocycles. The number of hydrogen-bond donors (Lipinski definition) is 1. The number of methoxy groups -OCH3 is 1. The van der Waals surface area contributed by atoms with Crippen LogP contribution in [0.5, 0.6) is 5.75 Å². The van der Waals surface area contributed by atoms with Crippen LogP contribution in [0.3, 0.4) is 0 Å². The summed E-state index contributed by atoms with van der Waals surface area (Å²) < 4.78 is 11.7. The van der Waals surface area contributed by atoms with Gasteiger partial charge >= 0.3 is 0 Å². The summed E-state index contributed by atoms with van der Waals surface area (Å²) in [5, 5.41) is 2.63. The van der Waals surface area contributed by atoms with E-state index >= 15 is 0 Å². The number of carbonyl (C=O) groups is 1. The molecule has 0 aliphatic heterocycles. The van der Waals surface area contributed by atoms with Crippen molar-refractivity contribution in [3.8, 4) is 5.75 Å². The molecule has 0 aliphatic carbocycles. The van der Waals surface area contributed by atoms with Crippen LogP contribution in [0.25, 0.3) is 10.2 Å². The molecule has 7 heteroatoms. The Hall–Kier alpha value is -1.37. The van der Waals surface area contributed by atoms with Crippen molar-refractivity contribution in [2.75, 3.05) is 19.0 Å². The molecule has 1 N–H and O–H groups in total. The quantitative estimate of drug-likeness (QED) is 0.827. The van der Waals surface area contributed by atoms with E-state index in [0.717, 1.165) is 16.0 Å². The average molecular weight is 329 g/mol. The molecule has 21 heavy (non-hydrogen) atoms. The summed E-state index contributed by atoms with van der Waals surface area (Å²) in [5.41, 5.74) is 0.810. The second kappa shape index (κ2) is 7.06. The molecular formula is C14H17ClN2O3S. The van der Waals surface area contributed by atoms with E-state index in [4.69, 9.17) is 21.1 Å². The fourth-order valence-corrected chi connectivity index (χ4v) is 2.69. The number of thiazole rings is 1. The van der Waals surface area contributed by atoms with Crippen molar-refractivity contribution in [2.24, 2.45) is 0 Å². The minimum Gasteiger partial charge on any atom is -0.488 e. The first kappa shape index (κ1) is 16.0. The molecule has 0 bridgehead atoms. The van der Waals surface area contributed by atoms with Gasteiger partial charge in [0.05, 0.1) is 16.8 Å². The molecule has 0 saturated heterocycles. The van der Waals surface area contributed by atoms with Gasteiger partial charge in [0.15, 0.2) is 5.13 Å². The Morgan fingerprint density at radius 3 is 2.90 bits per heavy atom. The van der Waals surface area contributed by atoms with Gasteiger partial charge in [-0.2, -0.15) is 0 Å². The summed E-state index contributed by atoms with van der Waals surface area (Å²) in [4.78, 5) is 15.9. The third kappa shape index (κ3) is 4.30. The molecule has 0 spiro atoms. The molecule has 0 aliphatic rings. The summed E-state index contributed by atoms with van der Waals surface area (Å²) in [6, 6.07) is 5.61. The molecule has 2 atom stereocenters. The number of hydrogen-bond acceptors (Lipinski definition) is 5.